The van der Waals surface area contributed by atoms with E-state index in [9.17, 15) is 0 Å². The topological polar surface area (TPSA) is 25.8 Å². The van der Waals surface area contributed by atoms with Crippen molar-refractivity contribution >= 4 is 23.2 Å². The maximum atomic E-state index is 7.75. The molecule has 4 heteroatoms. The first-order chi connectivity index (χ1) is 8.40. The van der Waals surface area contributed by atoms with E-state index in [4.69, 9.17) is 28.7 Å². The summed E-state index contributed by atoms with van der Waals surface area (Å²) in [7, 11) is 0. The summed E-state index contributed by atoms with van der Waals surface area (Å²) in [5.74, 6) is 0. The molecule has 2 aromatic rings. The lowest BCUT2D eigenvalue weighted by molar-refractivity contribution is 1.31. The predicted molar refractivity (Wildman–Crippen MR) is 57.5 cm³/mol. The highest BCUT2D eigenvalue weighted by molar-refractivity contribution is 6.32. The van der Waals surface area contributed by atoms with Crippen molar-refractivity contribution in [1.82, 2.24) is 9.97 Å². The summed E-state index contributed by atoms with van der Waals surface area (Å²) in [5, 5.41) is 0.234. The number of nitrogens with zero attached hydrogens (tertiary/aromatic N) is 2. The van der Waals surface area contributed by atoms with E-state index in [1.54, 1.807) is 0 Å². The molecule has 2 rings (SSSR count). The number of halogens is 2. The van der Waals surface area contributed by atoms with Crippen LogP contribution in [0.3, 0.4) is 0 Å². The number of pyridine rings is 2. The van der Waals surface area contributed by atoms with E-state index in [1.165, 1.54) is 12.1 Å². The van der Waals surface area contributed by atoms with Crippen LogP contribution in [-0.2, 0) is 0 Å². The highest BCUT2D eigenvalue weighted by Crippen LogP contribution is 2.23. The minimum Gasteiger partial charge on any atom is -0.265 e. The van der Waals surface area contributed by atoms with E-state index in [-0.39, 0.29) is 40.3 Å². The van der Waals surface area contributed by atoms with Crippen molar-refractivity contribution in [3.05, 3.63) is 46.9 Å². The molecule has 0 unspecified atom stereocenters. The Morgan fingerprint density at radius 3 is 2.14 bits per heavy atom. The molecule has 0 saturated carbocycles. The molecule has 70 valence electrons. The van der Waals surface area contributed by atoms with E-state index in [1.807, 2.05) is 0 Å². The Morgan fingerprint density at radius 2 is 1.57 bits per heavy atom. The number of rotatable bonds is 1. The lowest BCUT2D eigenvalue weighted by Gasteiger charge is -2.01. The molecular weight excluding hydrogens is 219 g/mol. The van der Waals surface area contributed by atoms with Crippen molar-refractivity contribution in [1.29, 1.82) is 0 Å². The van der Waals surface area contributed by atoms with Crippen LogP contribution in [0.25, 0.3) is 11.1 Å². The SMILES string of the molecule is [2H]c1nc([2H])c([2H])c(-c2cc(Cl)nc(Cl)c2)c1[2H]. The smallest absolute Gasteiger partial charge is 0.131 e. The average Bonchev–Trinajstić information content (AvgIpc) is 2.25. The minimum atomic E-state index is -0.366. The standard InChI is InChI=1S/C10H6Cl2N2/c11-9-5-8(6-10(12)14-9)7-1-3-13-4-2-7/h1-6H/i1D,2D,3D,4D. The molecule has 0 spiro atoms. The van der Waals surface area contributed by atoms with Gasteiger partial charge >= 0.3 is 0 Å². The molecule has 2 nitrogen and oxygen atoms in total. The summed E-state index contributed by atoms with van der Waals surface area (Å²) in [6.07, 6.45) is -0.731. The maximum Gasteiger partial charge on any atom is 0.131 e. The fourth-order valence-electron chi connectivity index (χ4n) is 0.980. The Morgan fingerprint density at radius 1 is 1.00 bits per heavy atom. The van der Waals surface area contributed by atoms with Gasteiger partial charge in [-0.25, -0.2) is 4.98 Å². The summed E-state index contributed by atoms with van der Waals surface area (Å²) in [5.41, 5.74) is 0.477. The van der Waals surface area contributed by atoms with Gasteiger partial charge in [-0.15, -0.1) is 0 Å². The molecule has 0 saturated heterocycles. The van der Waals surface area contributed by atoms with Crippen LogP contribution in [0.5, 0.6) is 0 Å². The zero-order valence-electron chi connectivity index (χ0n) is 10.8. The van der Waals surface area contributed by atoms with Crippen LogP contribution in [0, 0.1) is 0 Å². The molecule has 2 heterocycles. The van der Waals surface area contributed by atoms with E-state index in [0.29, 0.717) is 5.56 Å². The normalized spacial score (nSPS) is 14.1. The second-order valence-electron chi connectivity index (χ2n) is 2.46. The van der Waals surface area contributed by atoms with Crippen LogP contribution in [0.2, 0.25) is 10.3 Å². The summed E-state index contributed by atoms with van der Waals surface area (Å²) in [6, 6.07) is 2.37. The average molecular weight is 229 g/mol. The van der Waals surface area contributed by atoms with Crippen molar-refractivity contribution < 1.29 is 5.48 Å². The fourth-order valence-corrected chi connectivity index (χ4v) is 1.44. The van der Waals surface area contributed by atoms with Gasteiger partial charge in [-0.1, -0.05) is 23.2 Å². The largest absolute Gasteiger partial charge is 0.265 e. The van der Waals surface area contributed by atoms with Crippen LogP contribution >= 0.6 is 23.2 Å². The minimum absolute atomic E-state index is 0.103. The van der Waals surface area contributed by atoms with Gasteiger partial charge in [0.2, 0.25) is 0 Å². The summed E-state index contributed by atoms with van der Waals surface area (Å²) >= 11 is 11.5. The molecule has 2 aromatic heterocycles. The summed E-state index contributed by atoms with van der Waals surface area (Å²) in [6.45, 7) is 0. The third kappa shape index (κ3) is 2.03. The van der Waals surface area contributed by atoms with E-state index in [2.05, 4.69) is 9.97 Å². The number of hydrogen-bond acceptors (Lipinski definition) is 2. The molecule has 14 heavy (non-hydrogen) atoms. The zero-order chi connectivity index (χ0) is 13.4. The first-order valence-corrected chi connectivity index (χ1v) is 4.43. The third-order valence-electron chi connectivity index (χ3n) is 1.53. The zero-order valence-corrected chi connectivity index (χ0v) is 8.32. The Kier molecular flexibility index (Phi) is 1.60. The van der Waals surface area contributed by atoms with Crippen molar-refractivity contribution in [2.45, 2.75) is 0 Å². The lowest BCUT2D eigenvalue weighted by atomic mass is 10.1. The second kappa shape index (κ2) is 3.95. The van der Waals surface area contributed by atoms with Crippen molar-refractivity contribution in [3.8, 4) is 11.1 Å². The predicted octanol–water partition coefficient (Wildman–Crippen LogP) is 3.45. The Balaban J connectivity index is 2.78. The van der Waals surface area contributed by atoms with Gasteiger partial charge in [-0.2, -0.15) is 0 Å². The summed E-state index contributed by atoms with van der Waals surface area (Å²) in [4.78, 5) is 7.24. The van der Waals surface area contributed by atoms with Gasteiger partial charge in [0.25, 0.3) is 0 Å². The molecule has 0 fully saturated rings. The Bertz CT molecular complexity index is 587. The van der Waals surface area contributed by atoms with Gasteiger partial charge in [0.05, 0.1) is 5.48 Å². The highest BCUT2D eigenvalue weighted by atomic mass is 35.5. The van der Waals surface area contributed by atoms with Crippen LogP contribution in [0.1, 0.15) is 5.48 Å². The molecule has 0 amide bonds. The van der Waals surface area contributed by atoms with Crippen LogP contribution < -0.4 is 0 Å². The van der Waals surface area contributed by atoms with Crippen LogP contribution in [-0.4, -0.2) is 9.97 Å². The molecule has 0 aliphatic heterocycles. The van der Waals surface area contributed by atoms with Gasteiger partial charge in [0, 0.05) is 12.3 Å². The maximum absolute atomic E-state index is 7.75. The van der Waals surface area contributed by atoms with Gasteiger partial charge in [-0.3, -0.25) is 4.98 Å². The summed E-state index contributed by atoms with van der Waals surface area (Å²) < 4.78 is 30.4. The van der Waals surface area contributed by atoms with E-state index in [0.717, 1.165) is 0 Å². The first kappa shape index (κ1) is 5.69. The number of aromatic nitrogens is 2. The van der Waals surface area contributed by atoms with Gasteiger partial charge in [0.1, 0.15) is 10.3 Å². The van der Waals surface area contributed by atoms with Crippen LogP contribution in [0.4, 0.5) is 0 Å². The van der Waals surface area contributed by atoms with Crippen molar-refractivity contribution in [2.24, 2.45) is 0 Å². The molecule has 0 radical (unpaired) electrons. The van der Waals surface area contributed by atoms with Gasteiger partial charge in [0.15, 0.2) is 0 Å². The monoisotopic (exact) mass is 228 g/mol. The van der Waals surface area contributed by atoms with Crippen molar-refractivity contribution in [3.63, 3.8) is 0 Å². The molecule has 0 bridgehead atoms. The molecule has 0 aliphatic rings. The molecule has 0 aromatic carbocycles. The van der Waals surface area contributed by atoms with E-state index >= 15 is 0 Å². The van der Waals surface area contributed by atoms with Crippen LogP contribution in [0.15, 0.2) is 36.6 Å². The van der Waals surface area contributed by atoms with Gasteiger partial charge in [-0.05, 0) is 35.3 Å². The van der Waals surface area contributed by atoms with E-state index < -0.39 is 0 Å². The highest BCUT2D eigenvalue weighted by Gasteiger charge is 2.01. The molecule has 0 N–H and O–H groups in total. The molecule has 0 atom stereocenters. The Hall–Kier alpha value is -1.12. The Labute approximate surface area is 97.2 Å². The quantitative estimate of drug-likeness (QED) is 0.700. The van der Waals surface area contributed by atoms with Crippen molar-refractivity contribution in [2.75, 3.05) is 0 Å². The van der Waals surface area contributed by atoms with Gasteiger partial charge < -0.3 is 0 Å². The molecular formula is C10H6Cl2N2. The molecule has 0 aliphatic carbocycles. The first-order valence-electron chi connectivity index (χ1n) is 5.68. The fraction of sp³-hybridized carbons (Fsp3) is 0. The third-order valence-corrected chi connectivity index (χ3v) is 1.91. The second-order valence-corrected chi connectivity index (χ2v) is 3.24. The number of hydrogen-bond donors (Lipinski definition) is 0. The lowest BCUT2D eigenvalue weighted by Crippen LogP contribution is -1.82.